The third-order valence-corrected chi connectivity index (χ3v) is 3.45. The van der Waals surface area contributed by atoms with Crippen molar-refractivity contribution in [2.24, 2.45) is 0 Å². The molecule has 0 aliphatic heterocycles. The van der Waals surface area contributed by atoms with Gasteiger partial charge in [0.05, 0.1) is 12.8 Å². The number of nitrogens with one attached hydrogen (secondary N) is 1. The maximum Gasteiger partial charge on any atom is 0.287 e. The van der Waals surface area contributed by atoms with Crippen LogP contribution in [0.3, 0.4) is 0 Å². The molecule has 0 saturated heterocycles. The van der Waals surface area contributed by atoms with Gasteiger partial charge in [-0.1, -0.05) is 11.8 Å². The Hall–Kier alpha value is -2.03. The molecule has 1 amide bonds. The Morgan fingerprint density at radius 1 is 1.53 bits per heavy atom. The van der Waals surface area contributed by atoms with Crippen molar-refractivity contribution in [2.75, 3.05) is 6.61 Å². The number of furan rings is 1. The molecule has 0 fully saturated rings. The first-order valence-corrected chi connectivity index (χ1v) is 6.58. The molecule has 0 saturated carbocycles. The van der Waals surface area contributed by atoms with Crippen LogP contribution in [-0.4, -0.2) is 17.6 Å². The molecule has 0 aliphatic carbocycles. The number of rotatable bonds is 3. The van der Waals surface area contributed by atoms with E-state index in [4.69, 9.17) is 9.52 Å². The van der Waals surface area contributed by atoms with Gasteiger partial charge in [-0.25, -0.2) is 0 Å². The van der Waals surface area contributed by atoms with Gasteiger partial charge < -0.3 is 14.8 Å². The number of aryl methyl sites for hydroxylation is 1. The average Bonchev–Trinajstić information content (AvgIpc) is 3.02. The van der Waals surface area contributed by atoms with Gasteiger partial charge in [-0.2, -0.15) is 0 Å². The van der Waals surface area contributed by atoms with Crippen LogP contribution in [0.25, 0.3) is 0 Å². The normalized spacial score (nSPS) is 9.79. The summed E-state index contributed by atoms with van der Waals surface area (Å²) in [6.07, 6.45) is 1.49. The number of amides is 1. The van der Waals surface area contributed by atoms with Crippen LogP contribution in [0.5, 0.6) is 0 Å². The fraction of sp³-hybridized carbons (Fsp3) is 0.214. The van der Waals surface area contributed by atoms with Crippen molar-refractivity contribution in [1.29, 1.82) is 0 Å². The summed E-state index contributed by atoms with van der Waals surface area (Å²) < 4.78 is 5.12. The van der Waals surface area contributed by atoms with Gasteiger partial charge in [0, 0.05) is 16.0 Å². The van der Waals surface area contributed by atoms with Gasteiger partial charge in [0.25, 0.3) is 5.91 Å². The van der Waals surface area contributed by atoms with E-state index < -0.39 is 0 Å². The lowest BCUT2D eigenvalue weighted by Gasteiger charge is -2.02. The highest BCUT2D eigenvalue weighted by Gasteiger charge is 2.12. The summed E-state index contributed by atoms with van der Waals surface area (Å²) in [4.78, 5) is 12.8. The summed E-state index contributed by atoms with van der Waals surface area (Å²) in [7, 11) is 0. The molecule has 0 spiro atoms. The van der Waals surface area contributed by atoms with Gasteiger partial charge in [-0.15, -0.1) is 11.3 Å². The Balaban J connectivity index is 2.02. The van der Waals surface area contributed by atoms with Gasteiger partial charge in [0.1, 0.15) is 6.61 Å². The SMILES string of the molecule is Cc1ccoc1C(=O)NCc1sccc1C#CCO. The van der Waals surface area contributed by atoms with Crippen molar-refractivity contribution in [3.8, 4) is 11.8 Å². The Labute approximate surface area is 115 Å². The Morgan fingerprint density at radius 2 is 2.37 bits per heavy atom. The molecule has 0 radical (unpaired) electrons. The molecule has 0 atom stereocenters. The molecule has 5 heteroatoms. The second-order valence-electron chi connectivity index (χ2n) is 3.83. The number of aliphatic hydroxyl groups is 1. The summed E-state index contributed by atoms with van der Waals surface area (Å²) in [6, 6.07) is 3.62. The van der Waals surface area contributed by atoms with Crippen LogP contribution in [0.4, 0.5) is 0 Å². The maximum absolute atomic E-state index is 11.9. The first-order chi connectivity index (χ1) is 9.22. The van der Waals surface area contributed by atoms with Crippen LogP contribution in [0, 0.1) is 18.8 Å². The molecular weight excluding hydrogens is 262 g/mol. The van der Waals surface area contributed by atoms with Crippen molar-refractivity contribution in [3.63, 3.8) is 0 Å². The molecule has 2 heterocycles. The third kappa shape index (κ3) is 3.25. The van der Waals surface area contributed by atoms with Crippen molar-refractivity contribution >= 4 is 17.2 Å². The zero-order valence-electron chi connectivity index (χ0n) is 10.4. The smallest absolute Gasteiger partial charge is 0.287 e. The van der Waals surface area contributed by atoms with Crippen LogP contribution < -0.4 is 5.32 Å². The third-order valence-electron chi connectivity index (χ3n) is 2.53. The topological polar surface area (TPSA) is 62.5 Å². The second kappa shape index (κ2) is 6.23. The molecule has 2 rings (SSSR count). The molecule has 2 N–H and O–H groups in total. The van der Waals surface area contributed by atoms with E-state index in [0.717, 1.165) is 16.0 Å². The van der Waals surface area contributed by atoms with Crippen LogP contribution in [0.1, 0.15) is 26.6 Å². The monoisotopic (exact) mass is 275 g/mol. The van der Waals surface area contributed by atoms with E-state index in [0.29, 0.717) is 12.3 Å². The van der Waals surface area contributed by atoms with E-state index in [2.05, 4.69) is 17.2 Å². The van der Waals surface area contributed by atoms with Crippen molar-refractivity contribution < 1.29 is 14.3 Å². The minimum Gasteiger partial charge on any atom is -0.459 e. The number of hydrogen-bond acceptors (Lipinski definition) is 4. The zero-order valence-corrected chi connectivity index (χ0v) is 11.2. The van der Waals surface area contributed by atoms with Gasteiger partial charge in [0.2, 0.25) is 0 Å². The van der Waals surface area contributed by atoms with Crippen LogP contribution in [-0.2, 0) is 6.54 Å². The van der Waals surface area contributed by atoms with E-state index in [-0.39, 0.29) is 12.5 Å². The van der Waals surface area contributed by atoms with Crippen LogP contribution in [0.2, 0.25) is 0 Å². The Morgan fingerprint density at radius 3 is 3.05 bits per heavy atom. The lowest BCUT2D eigenvalue weighted by Crippen LogP contribution is -2.22. The van der Waals surface area contributed by atoms with Gasteiger partial charge in [-0.05, 0) is 24.4 Å². The maximum atomic E-state index is 11.9. The molecule has 2 aromatic heterocycles. The Kier molecular flexibility index (Phi) is 4.39. The second-order valence-corrected chi connectivity index (χ2v) is 4.83. The number of hydrogen-bond donors (Lipinski definition) is 2. The van der Waals surface area contributed by atoms with Crippen LogP contribution in [0.15, 0.2) is 28.2 Å². The van der Waals surface area contributed by atoms with Gasteiger partial charge in [-0.3, -0.25) is 4.79 Å². The summed E-state index contributed by atoms with van der Waals surface area (Å²) >= 11 is 1.51. The van der Waals surface area contributed by atoms with Crippen LogP contribution >= 0.6 is 11.3 Å². The van der Waals surface area contributed by atoms with Crippen molar-refractivity contribution in [2.45, 2.75) is 13.5 Å². The van der Waals surface area contributed by atoms with E-state index in [9.17, 15) is 4.79 Å². The largest absolute Gasteiger partial charge is 0.459 e. The molecule has 0 aromatic carbocycles. The van der Waals surface area contributed by atoms with E-state index in [1.807, 2.05) is 18.4 Å². The molecule has 0 bridgehead atoms. The summed E-state index contributed by atoms with van der Waals surface area (Å²) in [5.41, 5.74) is 1.64. The van der Waals surface area contributed by atoms with E-state index >= 15 is 0 Å². The van der Waals surface area contributed by atoms with E-state index in [1.54, 1.807) is 6.07 Å². The number of carbonyl (C=O) groups excluding carboxylic acids is 1. The molecule has 2 aromatic rings. The molecule has 98 valence electrons. The Bertz CT molecular complexity index is 630. The zero-order chi connectivity index (χ0) is 13.7. The fourth-order valence-corrected chi connectivity index (χ4v) is 2.34. The highest BCUT2D eigenvalue weighted by molar-refractivity contribution is 7.10. The predicted octanol–water partition coefficient (Wildman–Crippen LogP) is 1.92. The minimum absolute atomic E-state index is 0.173. The minimum atomic E-state index is -0.239. The fourth-order valence-electron chi connectivity index (χ4n) is 1.57. The number of aliphatic hydroxyl groups excluding tert-OH is 1. The first kappa shape index (κ1) is 13.4. The highest BCUT2D eigenvalue weighted by atomic mass is 32.1. The predicted molar refractivity (Wildman–Crippen MR) is 72.9 cm³/mol. The first-order valence-electron chi connectivity index (χ1n) is 5.70. The lowest BCUT2D eigenvalue weighted by atomic mass is 10.2. The van der Waals surface area contributed by atoms with E-state index in [1.165, 1.54) is 17.6 Å². The van der Waals surface area contributed by atoms with Gasteiger partial charge >= 0.3 is 0 Å². The van der Waals surface area contributed by atoms with Crippen molar-refractivity contribution in [3.05, 3.63) is 45.5 Å². The lowest BCUT2D eigenvalue weighted by molar-refractivity contribution is 0.0922. The summed E-state index contributed by atoms with van der Waals surface area (Å²) in [5, 5.41) is 13.4. The number of thiophene rings is 1. The number of carbonyl (C=O) groups is 1. The molecule has 0 aliphatic rings. The molecular formula is C14H13NO3S. The summed E-state index contributed by atoms with van der Waals surface area (Å²) in [6.45, 7) is 2.04. The molecule has 4 nitrogen and oxygen atoms in total. The average molecular weight is 275 g/mol. The molecule has 19 heavy (non-hydrogen) atoms. The summed E-state index contributed by atoms with van der Waals surface area (Å²) in [5.74, 6) is 5.54. The standard InChI is InChI=1S/C14H13NO3S/c1-10-4-7-18-13(10)14(17)15-9-12-11(3-2-6-16)5-8-19-12/h4-5,7-8,16H,6,9H2,1H3,(H,15,17). The quantitative estimate of drug-likeness (QED) is 0.841. The molecule has 0 unspecified atom stereocenters. The van der Waals surface area contributed by atoms with Gasteiger partial charge in [0.15, 0.2) is 5.76 Å². The van der Waals surface area contributed by atoms with Crippen molar-refractivity contribution in [1.82, 2.24) is 5.32 Å². The highest BCUT2D eigenvalue weighted by Crippen LogP contribution is 2.16.